The van der Waals surface area contributed by atoms with Crippen molar-refractivity contribution in [1.29, 1.82) is 0 Å². The molecule has 0 amide bonds. The number of hydrogen-bond acceptors (Lipinski definition) is 7. The van der Waals surface area contributed by atoms with Gasteiger partial charge in [0.25, 0.3) is 6.29 Å². The highest BCUT2D eigenvalue weighted by atomic mass is 16.8. The molecule has 1 saturated heterocycles. The van der Waals surface area contributed by atoms with Crippen LogP contribution in [0, 0.1) is 6.92 Å². The van der Waals surface area contributed by atoms with E-state index in [0.717, 1.165) is 5.39 Å². The average Bonchev–Trinajstić information content (AvgIpc) is 2.87. The molecule has 1 aromatic heterocycles. The van der Waals surface area contributed by atoms with Crippen LogP contribution in [-0.4, -0.2) is 73.5 Å². The average molecular weight is 367 g/mol. The molecule has 0 radical (unpaired) electrons. The lowest BCUT2D eigenvalue weighted by Gasteiger charge is -2.39. The minimum Gasteiger partial charge on any atom is -0.481 e. The first-order valence-electron chi connectivity index (χ1n) is 8.13. The Morgan fingerprint density at radius 1 is 1.19 bits per heavy atom. The molecule has 0 aliphatic carbocycles. The molecule has 0 unspecified atom stereocenters. The van der Waals surface area contributed by atoms with E-state index < -0.39 is 43.3 Å². The van der Waals surface area contributed by atoms with E-state index in [9.17, 15) is 30.3 Å². The molecule has 0 spiro atoms. The first-order chi connectivity index (χ1) is 12.3. The molecule has 2 aromatic rings. The number of nitrogens with zero attached hydrogens (tertiary/aromatic N) is 1. The number of hydrogen-bond donors (Lipinski definition) is 5. The number of aryl methyl sites for hydroxylation is 1. The van der Waals surface area contributed by atoms with Gasteiger partial charge < -0.3 is 35.1 Å². The third kappa shape index (κ3) is 3.15. The number of benzene rings is 1. The highest BCUT2D eigenvalue weighted by Gasteiger charge is 2.45. The number of para-hydroxylation sites is 1. The standard InChI is InChI=1S/C17H21NO8/c1-8-9-4-2-3-5-10(9)18(11(8)6-13(20)21)26-17-16(24)15(23)14(22)12(7-19)25-17/h2-5,12,14-17,19,22-24H,6-7H2,1H3,(H,20,21)/t12-,14-,15+,16-,17+/m1/s1. The van der Waals surface area contributed by atoms with Gasteiger partial charge in [-0.25, -0.2) is 0 Å². The molecule has 5 N–H and O–H groups in total. The third-order valence-corrected chi connectivity index (χ3v) is 4.58. The van der Waals surface area contributed by atoms with Crippen molar-refractivity contribution >= 4 is 16.9 Å². The minimum absolute atomic E-state index is 0.321. The monoisotopic (exact) mass is 367 g/mol. The van der Waals surface area contributed by atoms with Crippen molar-refractivity contribution in [3.8, 4) is 0 Å². The van der Waals surface area contributed by atoms with E-state index in [4.69, 9.17) is 9.57 Å². The topological polar surface area (TPSA) is 142 Å². The van der Waals surface area contributed by atoms with Crippen LogP contribution in [0.1, 0.15) is 11.3 Å². The smallest absolute Gasteiger partial charge is 0.309 e. The molecule has 1 aliphatic rings. The first kappa shape index (κ1) is 18.6. The van der Waals surface area contributed by atoms with Gasteiger partial charge in [-0.3, -0.25) is 4.79 Å². The van der Waals surface area contributed by atoms with Crippen molar-refractivity contribution < 1.29 is 39.9 Å². The predicted molar refractivity (Wildman–Crippen MR) is 88.4 cm³/mol. The number of aromatic nitrogens is 1. The maximum absolute atomic E-state index is 11.2. The predicted octanol–water partition coefficient (Wildman–Crippen LogP) is -1.19. The maximum atomic E-state index is 11.2. The number of carbonyl (C=O) groups is 1. The molecule has 9 heteroatoms. The fraction of sp³-hybridized carbons (Fsp3) is 0.471. The van der Waals surface area contributed by atoms with Crippen molar-refractivity contribution in [3.63, 3.8) is 0 Å². The van der Waals surface area contributed by atoms with Crippen LogP contribution in [0.15, 0.2) is 24.3 Å². The summed E-state index contributed by atoms with van der Waals surface area (Å²) in [6.07, 6.45) is -7.53. The van der Waals surface area contributed by atoms with Gasteiger partial charge in [-0.05, 0) is 18.6 Å². The van der Waals surface area contributed by atoms with Gasteiger partial charge in [0.05, 0.1) is 24.2 Å². The fourth-order valence-corrected chi connectivity index (χ4v) is 3.15. The summed E-state index contributed by atoms with van der Waals surface area (Å²) in [4.78, 5) is 16.9. The molecule has 142 valence electrons. The summed E-state index contributed by atoms with van der Waals surface area (Å²) >= 11 is 0. The van der Waals surface area contributed by atoms with Crippen LogP contribution in [0.2, 0.25) is 0 Å². The normalized spacial score (nSPS) is 29.0. The number of aliphatic hydroxyl groups is 4. The van der Waals surface area contributed by atoms with Crippen molar-refractivity contribution in [1.82, 2.24) is 4.73 Å². The number of aliphatic hydroxyl groups excluding tert-OH is 4. The van der Waals surface area contributed by atoms with Crippen LogP contribution in [0.3, 0.4) is 0 Å². The Labute approximate surface area is 148 Å². The highest BCUT2D eigenvalue weighted by Crippen LogP contribution is 2.27. The largest absolute Gasteiger partial charge is 0.481 e. The highest BCUT2D eigenvalue weighted by molar-refractivity contribution is 5.86. The SMILES string of the molecule is Cc1c(CC(=O)O)n(O[C@@H]2O[C@H](CO)[C@@H](O)[C@H](O)[C@H]2O)c2ccccc12. The molecule has 2 heterocycles. The van der Waals surface area contributed by atoms with Crippen molar-refractivity contribution in [2.75, 3.05) is 6.61 Å². The summed E-state index contributed by atoms with van der Waals surface area (Å²) in [5, 5.41) is 49.2. The Morgan fingerprint density at radius 3 is 2.54 bits per heavy atom. The molecular formula is C17H21NO8. The van der Waals surface area contributed by atoms with E-state index >= 15 is 0 Å². The fourth-order valence-electron chi connectivity index (χ4n) is 3.15. The van der Waals surface area contributed by atoms with Crippen molar-refractivity contribution in [3.05, 3.63) is 35.5 Å². The van der Waals surface area contributed by atoms with Crippen LogP contribution in [-0.2, 0) is 16.0 Å². The van der Waals surface area contributed by atoms with Gasteiger partial charge in [0.15, 0.2) is 0 Å². The summed E-state index contributed by atoms with van der Waals surface area (Å²) in [5.41, 5.74) is 1.63. The van der Waals surface area contributed by atoms with Gasteiger partial charge in [0.2, 0.25) is 0 Å². The Morgan fingerprint density at radius 2 is 1.88 bits per heavy atom. The summed E-state index contributed by atoms with van der Waals surface area (Å²) in [6, 6.07) is 7.08. The maximum Gasteiger partial charge on any atom is 0.309 e. The molecule has 0 bridgehead atoms. The Kier molecular flexibility index (Phi) is 5.17. The summed E-state index contributed by atoms with van der Waals surface area (Å²) in [5.74, 6) is -1.06. The second-order valence-corrected chi connectivity index (χ2v) is 6.26. The quantitative estimate of drug-likeness (QED) is 0.444. The van der Waals surface area contributed by atoms with E-state index in [1.807, 2.05) is 6.07 Å². The molecule has 1 aliphatic heterocycles. The second-order valence-electron chi connectivity index (χ2n) is 6.26. The second kappa shape index (κ2) is 7.22. The molecule has 1 aromatic carbocycles. The summed E-state index contributed by atoms with van der Waals surface area (Å²) < 4.78 is 6.61. The van der Waals surface area contributed by atoms with Crippen LogP contribution in [0.25, 0.3) is 10.9 Å². The molecule has 5 atom stereocenters. The lowest BCUT2D eigenvalue weighted by molar-refractivity contribution is -0.299. The number of aliphatic carboxylic acids is 1. The van der Waals surface area contributed by atoms with E-state index in [2.05, 4.69) is 0 Å². The van der Waals surface area contributed by atoms with Crippen LogP contribution < -0.4 is 4.84 Å². The number of carboxylic acids is 1. The number of carboxylic acid groups (broad SMARTS) is 1. The van der Waals surface area contributed by atoms with Crippen LogP contribution in [0.4, 0.5) is 0 Å². The molecule has 26 heavy (non-hydrogen) atoms. The Balaban J connectivity index is 2.01. The molecular weight excluding hydrogens is 346 g/mol. The van der Waals surface area contributed by atoms with E-state index in [1.165, 1.54) is 4.73 Å². The molecule has 9 nitrogen and oxygen atoms in total. The van der Waals surface area contributed by atoms with Crippen LogP contribution >= 0.6 is 0 Å². The van der Waals surface area contributed by atoms with Gasteiger partial charge in [-0.2, -0.15) is 4.73 Å². The van der Waals surface area contributed by atoms with E-state index in [-0.39, 0.29) is 6.42 Å². The number of ether oxygens (including phenoxy) is 1. The zero-order valence-electron chi connectivity index (χ0n) is 14.0. The zero-order chi connectivity index (χ0) is 19.0. The van der Waals surface area contributed by atoms with Crippen LogP contribution in [0.5, 0.6) is 0 Å². The molecule has 3 rings (SSSR count). The lowest BCUT2D eigenvalue weighted by atomic mass is 9.99. The van der Waals surface area contributed by atoms with E-state index in [0.29, 0.717) is 16.8 Å². The lowest BCUT2D eigenvalue weighted by Crippen LogP contribution is -2.61. The van der Waals surface area contributed by atoms with Gasteiger partial charge >= 0.3 is 5.97 Å². The third-order valence-electron chi connectivity index (χ3n) is 4.58. The first-order valence-corrected chi connectivity index (χ1v) is 8.13. The van der Waals surface area contributed by atoms with Gasteiger partial charge in [0.1, 0.15) is 24.4 Å². The van der Waals surface area contributed by atoms with E-state index in [1.54, 1.807) is 25.1 Å². The van der Waals surface area contributed by atoms with Crippen molar-refractivity contribution in [2.45, 2.75) is 44.1 Å². The summed E-state index contributed by atoms with van der Waals surface area (Å²) in [7, 11) is 0. The number of rotatable bonds is 5. The number of fused-ring (bicyclic) bond motifs is 1. The minimum atomic E-state index is -1.59. The van der Waals surface area contributed by atoms with Gasteiger partial charge in [-0.1, -0.05) is 18.2 Å². The summed E-state index contributed by atoms with van der Waals surface area (Å²) in [6.45, 7) is 1.17. The zero-order valence-corrected chi connectivity index (χ0v) is 14.0. The van der Waals surface area contributed by atoms with Gasteiger partial charge in [0, 0.05) is 5.39 Å². The van der Waals surface area contributed by atoms with Crippen molar-refractivity contribution in [2.24, 2.45) is 0 Å². The molecule has 0 saturated carbocycles. The molecule has 1 fully saturated rings. The Bertz CT molecular complexity index is 801. The Hall–Kier alpha value is -2.17. The van der Waals surface area contributed by atoms with Gasteiger partial charge in [-0.15, -0.1) is 0 Å².